The minimum Gasteiger partial charge on any atom is -0.394 e. The van der Waals surface area contributed by atoms with Crippen molar-refractivity contribution in [1.29, 1.82) is 0 Å². The molecule has 1 heterocycles. The Labute approximate surface area is 137 Å². The normalized spacial score (nSPS) is 35.2. The second-order valence-electron chi connectivity index (χ2n) is 5.16. The highest BCUT2D eigenvalue weighted by molar-refractivity contribution is 5.56. The van der Waals surface area contributed by atoms with E-state index in [1.165, 1.54) is 0 Å². The van der Waals surface area contributed by atoms with Crippen LogP contribution in [0.4, 0.5) is 0 Å². The molecule has 1 aliphatic heterocycles. The Hall–Kier alpha value is -0.770. The molecule has 0 saturated carbocycles. The topological polar surface area (TPSA) is 234 Å². The summed E-state index contributed by atoms with van der Waals surface area (Å²) >= 11 is 0. The minimum atomic E-state index is -1.79. The lowest BCUT2D eigenvalue weighted by atomic mass is 9.98. The highest BCUT2D eigenvalue weighted by Gasteiger charge is 2.41. The summed E-state index contributed by atoms with van der Waals surface area (Å²) in [6.07, 6.45) is -11.7. The van der Waals surface area contributed by atoms with Gasteiger partial charge in [0, 0.05) is 0 Å². The summed E-state index contributed by atoms with van der Waals surface area (Å²) in [7, 11) is 0. The van der Waals surface area contributed by atoms with Crippen molar-refractivity contribution in [3.05, 3.63) is 0 Å². The second kappa shape index (κ2) is 11.0. The lowest BCUT2D eigenvalue weighted by Crippen LogP contribution is -2.61. The Morgan fingerprint density at radius 3 is 1.96 bits per heavy atom. The van der Waals surface area contributed by atoms with Crippen molar-refractivity contribution in [2.24, 2.45) is 5.73 Å². The van der Waals surface area contributed by atoms with Crippen LogP contribution in [0.15, 0.2) is 0 Å². The van der Waals surface area contributed by atoms with Crippen LogP contribution < -0.4 is 5.73 Å². The van der Waals surface area contributed by atoms with Gasteiger partial charge in [-0.2, -0.15) is 0 Å². The molecule has 144 valence electrons. The van der Waals surface area contributed by atoms with Crippen LogP contribution >= 0.6 is 0 Å². The van der Waals surface area contributed by atoms with Crippen molar-refractivity contribution < 1.29 is 55.5 Å². The number of ether oxygens (including phenoxy) is 1. The lowest BCUT2D eigenvalue weighted by Gasteiger charge is -2.38. The Morgan fingerprint density at radius 2 is 1.54 bits per heavy atom. The summed E-state index contributed by atoms with van der Waals surface area (Å²) in [6, 6.07) is -1.04. The number of carbonyl (C=O) groups is 1. The molecule has 0 aliphatic carbocycles. The Kier molecular flexibility index (Phi) is 10.6. The number of hydrogen-bond acceptors (Lipinski definition) is 12. The van der Waals surface area contributed by atoms with Gasteiger partial charge in [-0.25, -0.2) is 0 Å². The molecular weight excluding hydrogens is 334 g/mol. The molecule has 0 bridgehead atoms. The molecule has 0 amide bonds. The number of aliphatic hydroxyl groups excluding tert-OH is 9. The van der Waals surface area contributed by atoms with Gasteiger partial charge in [0.25, 0.3) is 0 Å². The fraction of sp³-hybridized carbons (Fsp3) is 0.917. The smallest absolute Gasteiger partial charge is 0.173 e. The Morgan fingerprint density at radius 1 is 1.00 bits per heavy atom. The molecule has 0 spiro atoms. The average molecular weight is 359 g/mol. The molecule has 0 aromatic carbocycles. The van der Waals surface area contributed by atoms with Crippen LogP contribution in [-0.4, -0.2) is 121 Å². The SMILES string of the molecule is N[C@@H]1[C@@H](O)[C@H](O)[C@@H](CO)O[C@H]1O.O=C[C@H](O)[C@@H](O)[C@@H](O)[C@H](O)CO. The summed E-state index contributed by atoms with van der Waals surface area (Å²) in [5.74, 6) is 0. The summed E-state index contributed by atoms with van der Waals surface area (Å²) in [4.78, 5) is 9.90. The van der Waals surface area contributed by atoms with Crippen molar-refractivity contribution >= 4 is 6.29 Å². The van der Waals surface area contributed by atoms with Crippen molar-refractivity contribution in [2.75, 3.05) is 13.2 Å². The maximum absolute atomic E-state index is 9.90. The third-order valence-electron chi connectivity index (χ3n) is 3.37. The van der Waals surface area contributed by atoms with E-state index in [2.05, 4.69) is 0 Å². The van der Waals surface area contributed by atoms with Crippen LogP contribution in [0.25, 0.3) is 0 Å². The summed E-state index contributed by atoms with van der Waals surface area (Å²) < 4.78 is 4.70. The van der Waals surface area contributed by atoms with E-state index in [9.17, 15) is 15.0 Å². The molecule has 0 radical (unpaired) electrons. The van der Waals surface area contributed by atoms with Crippen LogP contribution in [0.5, 0.6) is 0 Å². The van der Waals surface area contributed by atoms with E-state index in [0.29, 0.717) is 0 Å². The molecule has 1 aliphatic rings. The van der Waals surface area contributed by atoms with Gasteiger partial charge in [-0.15, -0.1) is 0 Å². The van der Waals surface area contributed by atoms with Crippen LogP contribution in [0, 0.1) is 0 Å². The van der Waals surface area contributed by atoms with Gasteiger partial charge in [0.1, 0.15) is 42.7 Å². The van der Waals surface area contributed by atoms with E-state index in [4.69, 9.17) is 46.2 Å². The second-order valence-corrected chi connectivity index (χ2v) is 5.16. The molecular formula is C12H25NO11. The number of carbonyl (C=O) groups excluding carboxylic acids is 1. The van der Waals surface area contributed by atoms with Crippen molar-refractivity contribution in [1.82, 2.24) is 0 Å². The Bertz CT molecular complexity index is 355. The van der Waals surface area contributed by atoms with Crippen LogP contribution in [0.3, 0.4) is 0 Å². The number of rotatable bonds is 6. The predicted molar refractivity (Wildman–Crippen MR) is 75.1 cm³/mol. The van der Waals surface area contributed by atoms with Gasteiger partial charge in [-0.1, -0.05) is 0 Å². The molecule has 1 fully saturated rings. The first-order valence-corrected chi connectivity index (χ1v) is 6.96. The molecule has 0 aromatic rings. The molecule has 0 unspecified atom stereocenters. The molecule has 1 rings (SSSR count). The average Bonchev–Trinajstić information content (AvgIpc) is 2.60. The maximum Gasteiger partial charge on any atom is 0.173 e. The van der Waals surface area contributed by atoms with Crippen LogP contribution in [-0.2, 0) is 9.53 Å². The molecule has 9 atom stereocenters. The fourth-order valence-corrected chi connectivity index (χ4v) is 1.74. The molecule has 12 nitrogen and oxygen atoms in total. The van der Waals surface area contributed by atoms with E-state index in [1.807, 2.05) is 0 Å². The first-order chi connectivity index (χ1) is 11.1. The molecule has 11 N–H and O–H groups in total. The summed E-state index contributed by atoms with van der Waals surface area (Å²) in [5.41, 5.74) is 5.26. The number of hydrogen-bond donors (Lipinski definition) is 10. The number of nitrogens with two attached hydrogens (primary N) is 1. The zero-order valence-electron chi connectivity index (χ0n) is 12.6. The first kappa shape index (κ1) is 23.2. The van der Waals surface area contributed by atoms with E-state index in [-0.39, 0.29) is 6.29 Å². The van der Waals surface area contributed by atoms with E-state index < -0.39 is 68.3 Å². The van der Waals surface area contributed by atoms with Gasteiger partial charge in [0.15, 0.2) is 12.6 Å². The molecule has 0 aromatic heterocycles. The van der Waals surface area contributed by atoms with E-state index in [1.54, 1.807) is 0 Å². The summed E-state index contributed by atoms with van der Waals surface area (Å²) in [5, 5.41) is 79.6. The van der Waals surface area contributed by atoms with Crippen molar-refractivity contribution in [3.8, 4) is 0 Å². The quantitative estimate of drug-likeness (QED) is 0.199. The Balaban J connectivity index is 0.000000441. The van der Waals surface area contributed by atoms with Gasteiger partial charge in [0.05, 0.1) is 19.3 Å². The van der Waals surface area contributed by atoms with Gasteiger partial charge < -0.3 is 61.2 Å². The fourth-order valence-electron chi connectivity index (χ4n) is 1.74. The number of aldehydes is 1. The van der Waals surface area contributed by atoms with Gasteiger partial charge in [-0.3, -0.25) is 0 Å². The van der Waals surface area contributed by atoms with Gasteiger partial charge in [-0.05, 0) is 0 Å². The molecule has 12 heteroatoms. The third kappa shape index (κ3) is 6.27. The van der Waals surface area contributed by atoms with Crippen LogP contribution in [0.2, 0.25) is 0 Å². The zero-order chi connectivity index (χ0) is 19.0. The highest BCUT2D eigenvalue weighted by atomic mass is 16.6. The number of aliphatic hydroxyl groups is 9. The molecule has 24 heavy (non-hydrogen) atoms. The first-order valence-electron chi connectivity index (χ1n) is 6.96. The molecule has 1 saturated heterocycles. The van der Waals surface area contributed by atoms with Crippen molar-refractivity contribution in [3.63, 3.8) is 0 Å². The summed E-state index contributed by atoms with van der Waals surface area (Å²) in [6.45, 7) is -1.23. The lowest BCUT2D eigenvalue weighted by molar-refractivity contribution is -0.248. The predicted octanol–water partition coefficient (Wildman–Crippen LogP) is -6.63. The highest BCUT2D eigenvalue weighted by Crippen LogP contribution is 2.17. The monoisotopic (exact) mass is 359 g/mol. The largest absolute Gasteiger partial charge is 0.394 e. The van der Waals surface area contributed by atoms with Gasteiger partial charge in [0.2, 0.25) is 0 Å². The zero-order valence-corrected chi connectivity index (χ0v) is 12.6. The van der Waals surface area contributed by atoms with Gasteiger partial charge >= 0.3 is 0 Å². The minimum absolute atomic E-state index is 0.0258. The standard InChI is InChI=1S/C6H13NO5.C6H12O6/c7-3-5(10)4(9)2(1-8)12-6(3)11;7-1-3(9)5(11)6(12)4(10)2-8/h2-6,8-11H,1,7H2;1,3-6,8-12H,2H2/t2-,3-,4-,5-,6-;3-,4+,5+,6-/m10/s1. The van der Waals surface area contributed by atoms with E-state index >= 15 is 0 Å². The maximum atomic E-state index is 9.90. The van der Waals surface area contributed by atoms with Crippen molar-refractivity contribution in [2.45, 2.75) is 55.1 Å². The van der Waals surface area contributed by atoms with Crippen LogP contribution in [0.1, 0.15) is 0 Å². The third-order valence-corrected chi connectivity index (χ3v) is 3.37. The van der Waals surface area contributed by atoms with E-state index in [0.717, 1.165) is 0 Å².